The highest BCUT2D eigenvalue weighted by Gasteiger charge is 2.44. The number of piperazine rings is 1. The van der Waals surface area contributed by atoms with Gasteiger partial charge < -0.3 is 20.1 Å². The Hall–Kier alpha value is -1.79. The largest absolute Gasteiger partial charge is 0.493 e. The minimum atomic E-state index is 0.0182. The van der Waals surface area contributed by atoms with Crippen LogP contribution in [0.25, 0.3) is 0 Å². The van der Waals surface area contributed by atoms with Crippen LogP contribution in [0.15, 0.2) is 30.3 Å². The van der Waals surface area contributed by atoms with E-state index in [0.717, 1.165) is 44.8 Å². The van der Waals surface area contributed by atoms with E-state index in [-0.39, 0.29) is 18.1 Å². The topological polar surface area (TPSA) is 65.0 Å². The van der Waals surface area contributed by atoms with E-state index in [4.69, 9.17) is 9.84 Å². The number of carbonyl (C=O) groups is 1. The lowest BCUT2D eigenvalue weighted by Gasteiger charge is -2.34. The van der Waals surface area contributed by atoms with Crippen LogP contribution in [0.5, 0.6) is 5.75 Å². The van der Waals surface area contributed by atoms with Crippen molar-refractivity contribution in [3.05, 3.63) is 30.3 Å². The molecule has 0 radical (unpaired) electrons. The van der Waals surface area contributed by atoms with Crippen molar-refractivity contribution in [2.75, 3.05) is 52.5 Å². The van der Waals surface area contributed by atoms with E-state index in [1.807, 2.05) is 35.2 Å². The number of aliphatic hydroxyl groups excluding tert-OH is 1. The predicted octanol–water partition coefficient (Wildman–Crippen LogP) is 1.17. The maximum Gasteiger partial charge on any atom is 0.317 e. The van der Waals surface area contributed by atoms with Gasteiger partial charge in [0.25, 0.3) is 0 Å². The molecular weight excluding hydrogens is 306 g/mol. The zero-order chi connectivity index (χ0) is 16.8. The smallest absolute Gasteiger partial charge is 0.317 e. The number of hydrogen-bond donors (Lipinski definition) is 2. The SMILES string of the molecule is O=C(NCC1(COc2ccccc2)CC1)N1CCN(CCO)CC1. The van der Waals surface area contributed by atoms with Gasteiger partial charge in [0.1, 0.15) is 5.75 Å². The molecule has 1 aliphatic carbocycles. The number of amides is 2. The predicted molar refractivity (Wildman–Crippen MR) is 92.1 cm³/mol. The number of hydrogen-bond acceptors (Lipinski definition) is 4. The molecule has 1 saturated carbocycles. The first-order chi connectivity index (χ1) is 11.7. The summed E-state index contributed by atoms with van der Waals surface area (Å²) in [5.41, 5.74) is 0.101. The van der Waals surface area contributed by atoms with Crippen LogP contribution in [-0.4, -0.2) is 73.4 Å². The Labute approximate surface area is 143 Å². The van der Waals surface area contributed by atoms with Gasteiger partial charge in [0, 0.05) is 44.7 Å². The summed E-state index contributed by atoms with van der Waals surface area (Å²) in [7, 11) is 0. The number of β-amino-alcohol motifs (C(OH)–C–C–N with tert-alkyl or cyclic N) is 1. The fourth-order valence-corrected chi connectivity index (χ4v) is 2.99. The van der Waals surface area contributed by atoms with Gasteiger partial charge in [-0.1, -0.05) is 18.2 Å². The van der Waals surface area contributed by atoms with Crippen molar-refractivity contribution in [2.45, 2.75) is 12.8 Å². The van der Waals surface area contributed by atoms with E-state index in [1.54, 1.807) is 0 Å². The van der Waals surface area contributed by atoms with Crippen LogP contribution in [0.2, 0.25) is 0 Å². The molecule has 2 N–H and O–H groups in total. The third-order valence-corrected chi connectivity index (χ3v) is 4.94. The highest BCUT2D eigenvalue weighted by molar-refractivity contribution is 5.74. The number of carbonyl (C=O) groups excluding carboxylic acids is 1. The second kappa shape index (κ2) is 7.85. The number of rotatable bonds is 7. The number of aliphatic hydroxyl groups is 1. The Kier molecular flexibility index (Phi) is 5.58. The van der Waals surface area contributed by atoms with Gasteiger partial charge in [0.15, 0.2) is 0 Å². The summed E-state index contributed by atoms with van der Waals surface area (Å²) in [6.45, 7) is 5.30. The molecule has 2 aliphatic rings. The van der Waals surface area contributed by atoms with E-state index < -0.39 is 0 Å². The van der Waals surface area contributed by atoms with Crippen LogP contribution in [-0.2, 0) is 0 Å². The molecule has 6 heteroatoms. The summed E-state index contributed by atoms with van der Waals surface area (Å²) < 4.78 is 5.86. The molecule has 0 aromatic heterocycles. The van der Waals surface area contributed by atoms with Gasteiger partial charge in [-0.25, -0.2) is 4.79 Å². The van der Waals surface area contributed by atoms with E-state index in [2.05, 4.69) is 10.2 Å². The van der Waals surface area contributed by atoms with Gasteiger partial charge in [-0.15, -0.1) is 0 Å². The average molecular weight is 333 g/mol. The number of urea groups is 1. The fraction of sp³-hybridized carbons (Fsp3) is 0.611. The zero-order valence-electron chi connectivity index (χ0n) is 14.1. The molecule has 1 heterocycles. The lowest BCUT2D eigenvalue weighted by molar-refractivity contribution is 0.120. The van der Waals surface area contributed by atoms with Gasteiger partial charge >= 0.3 is 6.03 Å². The Morgan fingerprint density at radius 1 is 1.17 bits per heavy atom. The minimum Gasteiger partial charge on any atom is -0.493 e. The molecule has 132 valence electrons. The first-order valence-electron chi connectivity index (χ1n) is 8.75. The number of nitrogens with zero attached hydrogens (tertiary/aromatic N) is 2. The fourth-order valence-electron chi connectivity index (χ4n) is 2.99. The summed E-state index contributed by atoms with van der Waals surface area (Å²) >= 11 is 0. The average Bonchev–Trinajstić information content (AvgIpc) is 3.40. The van der Waals surface area contributed by atoms with Crippen LogP contribution in [0.1, 0.15) is 12.8 Å². The van der Waals surface area contributed by atoms with Crippen molar-refractivity contribution in [3.63, 3.8) is 0 Å². The number of ether oxygens (including phenoxy) is 1. The molecule has 0 bridgehead atoms. The van der Waals surface area contributed by atoms with Crippen LogP contribution in [0.4, 0.5) is 4.79 Å². The summed E-state index contributed by atoms with van der Waals surface area (Å²) in [6.07, 6.45) is 2.20. The first-order valence-corrected chi connectivity index (χ1v) is 8.75. The Balaban J connectivity index is 1.38. The third-order valence-electron chi connectivity index (χ3n) is 4.94. The number of para-hydroxylation sites is 1. The van der Waals surface area contributed by atoms with Crippen molar-refractivity contribution in [1.29, 1.82) is 0 Å². The van der Waals surface area contributed by atoms with Crippen LogP contribution < -0.4 is 10.1 Å². The Morgan fingerprint density at radius 2 is 1.88 bits per heavy atom. The van der Waals surface area contributed by atoms with Crippen LogP contribution >= 0.6 is 0 Å². The van der Waals surface area contributed by atoms with E-state index in [1.165, 1.54) is 0 Å². The van der Waals surface area contributed by atoms with Gasteiger partial charge in [0.2, 0.25) is 0 Å². The lowest BCUT2D eigenvalue weighted by Crippen LogP contribution is -2.53. The molecule has 1 aromatic rings. The third kappa shape index (κ3) is 4.61. The van der Waals surface area contributed by atoms with Gasteiger partial charge in [-0.05, 0) is 25.0 Å². The second-order valence-electron chi connectivity index (χ2n) is 6.81. The van der Waals surface area contributed by atoms with Crippen molar-refractivity contribution >= 4 is 6.03 Å². The molecular formula is C18H27N3O3. The minimum absolute atomic E-state index is 0.0182. The molecule has 0 spiro atoms. The maximum atomic E-state index is 12.3. The van der Waals surface area contributed by atoms with Crippen molar-refractivity contribution in [3.8, 4) is 5.75 Å². The van der Waals surface area contributed by atoms with E-state index in [0.29, 0.717) is 19.7 Å². The van der Waals surface area contributed by atoms with Crippen molar-refractivity contribution < 1.29 is 14.6 Å². The number of benzene rings is 1. The quantitative estimate of drug-likeness (QED) is 0.786. The van der Waals surface area contributed by atoms with E-state index in [9.17, 15) is 4.79 Å². The molecule has 1 aromatic carbocycles. The second-order valence-corrected chi connectivity index (χ2v) is 6.81. The van der Waals surface area contributed by atoms with E-state index >= 15 is 0 Å². The molecule has 2 fully saturated rings. The number of nitrogens with one attached hydrogen (secondary N) is 1. The summed E-state index contributed by atoms with van der Waals surface area (Å²) in [6, 6.07) is 9.84. The van der Waals surface area contributed by atoms with Gasteiger partial charge in [-0.3, -0.25) is 4.90 Å². The van der Waals surface area contributed by atoms with Crippen molar-refractivity contribution in [2.24, 2.45) is 5.41 Å². The molecule has 0 unspecified atom stereocenters. The van der Waals surface area contributed by atoms with Gasteiger partial charge in [-0.2, -0.15) is 0 Å². The molecule has 1 aliphatic heterocycles. The maximum absolute atomic E-state index is 12.3. The Bertz CT molecular complexity index is 526. The van der Waals surface area contributed by atoms with Crippen LogP contribution in [0, 0.1) is 5.41 Å². The summed E-state index contributed by atoms with van der Waals surface area (Å²) in [5.74, 6) is 0.884. The first kappa shape index (κ1) is 17.0. The highest BCUT2D eigenvalue weighted by Crippen LogP contribution is 2.45. The standard InChI is InChI=1S/C18H27N3O3/c22-13-12-20-8-10-21(11-9-20)17(23)19-14-18(6-7-18)15-24-16-4-2-1-3-5-16/h1-5,22H,6-15H2,(H,19,23). The van der Waals surface area contributed by atoms with Gasteiger partial charge in [0.05, 0.1) is 13.2 Å². The molecule has 6 nitrogen and oxygen atoms in total. The lowest BCUT2D eigenvalue weighted by atomic mass is 10.1. The normalized spacial score (nSPS) is 19.8. The highest BCUT2D eigenvalue weighted by atomic mass is 16.5. The molecule has 0 atom stereocenters. The molecule has 1 saturated heterocycles. The molecule has 24 heavy (non-hydrogen) atoms. The summed E-state index contributed by atoms with van der Waals surface area (Å²) in [4.78, 5) is 16.4. The summed E-state index contributed by atoms with van der Waals surface area (Å²) in [5, 5.41) is 12.0. The Morgan fingerprint density at radius 3 is 2.50 bits per heavy atom. The van der Waals surface area contributed by atoms with Crippen LogP contribution in [0.3, 0.4) is 0 Å². The molecule has 2 amide bonds. The van der Waals surface area contributed by atoms with Crippen molar-refractivity contribution in [1.82, 2.24) is 15.1 Å². The zero-order valence-corrected chi connectivity index (χ0v) is 14.1. The molecule has 3 rings (SSSR count). The monoisotopic (exact) mass is 333 g/mol.